The number of aryl methyl sites for hydroxylation is 1. The first-order chi connectivity index (χ1) is 12.9. The van der Waals surface area contributed by atoms with E-state index in [2.05, 4.69) is 12.2 Å². The fraction of sp³-hybridized carbons (Fsp3) is 0.636. The molecule has 0 bridgehead atoms. The van der Waals surface area contributed by atoms with Gasteiger partial charge in [0.05, 0.1) is 6.61 Å². The molecule has 148 valence electrons. The third-order valence-corrected chi connectivity index (χ3v) is 6.10. The third kappa shape index (κ3) is 4.03. The first kappa shape index (κ1) is 19.9. The Balaban J connectivity index is 1.92. The van der Waals surface area contributed by atoms with Gasteiger partial charge >= 0.3 is 0 Å². The van der Waals surface area contributed by atoms with Gasteiger partial charge in [-0.1, -0.05) is 31.5 Å². The number of rotatable bonds is 4. The lowest BCUT2D eigenvalue weighted by atomic mass is 9.83. The highest BCUT2D eigenvalue weighted by Gasteiger charge is 2.53. The van der Waals surface area contributed by atoms with Gasteiger partial charge in [-0.05, 0) is 64.0 Å². The van der Waals surface area contributed by atoms with Crippen LogP contribution in [0.25, 0.3) is 0 Å². The zero-order chi connectivity index (χ0) is 19.6. The van der Waals surface area contributed by atoms with E-state index in [1.54, 1.807) is 4.90 Å². The highest BCUT2D eigenvalue weighted by atomic mass is 16.5. The fourth-order valence-corrected chi connectivity index (χ4v) is 4.14. The molecule has 1 aromatic carbocycles. The molecule has 1 heterocycles. The van der Waals surface area contributed by atoms with E-state index in [-0.39, 0.29) is 24.5 Å². The van der Waals surface area contributed by atoms with Crippen LogP contribution in [0.15, 0.2) is 24.3 Å². The van der Waals surface area contributed by atoms with E-state index in [0.29, 0.717) is 11.5 Å². The van der Waals surface area contributed by atoms with Crippen molar-refractivity contribution >= 4 is 11.8 Å². The lowest BCUT2D eigenvalue weighted by Gasteiger charge is -2.43. The van der Waals surface area contributed by atoms with Crippen LogP contribution in [0.3, 0.4) is 0 Å². The molecule has 3 rings (SSSR count). The summed E-state index contributed by atoms with van der Waals surface area (Å²) in [6.45, 7) is 8.51. The van der Waals surface area contributed by atoms with Crippen molar-refractivity contribution in [3.05, 3.63) is 35.4 Å². The van der Waals surface area contributed by atoms with Crippen LogP contribution in [0.5, 0.6) is 0 Å². The van der Waals surface area contributed by atoms with Crippen LogP contribution in [0.4, 0.5) is 0 Å². The van der Waals surface area contributed by atoms with Crippen molar-refractivity contribution in [1.82, 2.24) is 10.2 Å². The number of nitrogens with one attached hydrogen (secondary N) is 1. The van der Waals surface area contributed by atoms with Crippen molar-refractivity contribution < 1.29 is 14.3 Å². The van der Waals surface area contributed by atoms with Crippen molar-refractivity contribution in [2.75, 3.05) is 6.61 Å². The molecule has 0 radical (unpaired) electrons. The average Bonchev–Trinajstić information content (AvgIpc) is 3.02. The van der Waals surface area contributed by atoms with Gasteiger partial charge in [0, 0.05) is 11.6 Å². The summed E-state index contributed by atoms with van der Waals surface area (Å²) in [5, 5.41) is 3.04. The summed E-state index contributed by atoms with van der Waals surface area (Å²) < 4.78 is 6.21. The van der Waals surface area contributed by atoms with Crippen molar-refractivity contribution in [2.45, 2.75) is 77.6 Å². The monoisotopic (exact) mass is 372 g/mol. The van der Waals surface area contributed by atoms with Gasteiger partial charge < -0.3 is 10.1 Å². The summed E-state index contributed by atoms with van der Waals surface area (Å²) in [6.07, 6.45) is 4.46. The Kier molecular flexibility index (Phi) is 5.89. The van der Waals surface area contributed by atoms with Gasteiger partial charge in [0.25, 0.3) is 5.91 Å². The van der Waals surface area contributed by atoms with Gasteiger partial charge in [0.15, 0.2) is 0 Å². The molecule has 1 spiro atoms. The minimum Gasteiger partial charge on any atom is -0.353 e. The Morgan fingerprint density at radius 1 is 1.33 bits per heavy atom. The van der Waals surface area contributed by atoms with Gasteiger partial charge in [0.2, 0.25) is 5.91 Å². The first-order valence-corrected chi connectivity index (χ1v) is 10.2. The standard InChI is InChI=1S/C22H32N2O3/c1-5-17(4)23-20(25)19-14-27-22(11-9-15(2)10-12-22)24(19)21(26)18-8-6-7-16(3)13-18/h6-8,13,15,17,19H,5,9-12,14H2,1-4H3,(H,23,25)/t15?,17-,19+,22?/m0/s1. The smallest absolute Gasteiger partial charge is 0.256 e. The van der Waals surface area contributed by atoms with Crippen LogP contribution in [0.2, 0.25) is 0 Å². The third-order valence-electron chi connectivity index (χ3n) is 6.10. The normalized spacial score (nSPS) is 29.0. The second-order valence-electron chi connectivity index (χ2n) is 8.32. The van der Waals surface area contributed by atoms with E-state index >= 15 is 0 Å². The zero-order valence-corrected chi connectivity index (χ0v) is 17.0. The van der Waals surface area contributed by atoms with Gasteiger partial charge in [-0.3, -0.25) is 14.5 Å². The summed E-state index contributed by atoms with van der Waals surface area (Å²) in [5.41, 5.74) is 1.01. The molecular formula is C22H32N2O3. The van der Waals surface area contributed by atoms with Crippen LogP contribution < -0.4 is 5.32 Å². The lowest BCUT2D eigenvalue weighted by Crippen LogP contribution is -2.57. The van der Waals surface area contributed by atoms with Crippen molar-refractivity contribution in [3.63, 3.8) is 0 Å². The molecule has 1 N–H and O–H groups in total. The molecule has 1 aliphatic heterocycles. The van der Waals surface area contributed by atoms with Crippen LogP contribution in [0, 0.1) is 12.8 Å². The Hall–Kier alpha value is -1.88. The maximum atomic E-state index is 13.5. The molecule has 27 heavy (non-hydrogen) atoms. The largest absolute Gasteiger partial charge is 0.353 e. The minimum atomic E-state index is -0.648. The Morgan fingerprint density at radius 3 is 2.67 bits per heavy atom. The molecule has 0 aromatic heterocycles. The molecule has 2 fully saturated rings. The van der Waals surface area contributed by atoms with Crippen LogP contribution in [0.1, 0.15) is 68.8 Å². The topological polar surface area (TPSA) is 58.6 Å². The molecule has 1 aliphatic carbocycles. The number of hydrogen-bond acceptors (Lipinski definition) is 3. The highest BCUT2D eigenvalue weighted by Crippen LogP contribution is 2.43. The van der Waals surface area contributed by atoms with Crippen molar-refractivity contribution in [2.24, 2.45) is 5.92 Å². The fourth-order valence-electron chi connectivity index (χ4n) is 4.14. The van der Waals surface area contributed by atoms with Gasteiger partial charge in [-0.2, -0.15) is 0 Å². The van der Waals surface area contributed by atoms with E-state index in [9.17, 15) is 9.59 Å². The summed E-state index contributed by atoms with van der Waals surface area (Å²) in [6, 6.07) is 7.10. The first-order valence-electron chi connectivity index (χ1n) is 10.2. The molecule has 2 atom stereocenters. The molecule has 2 amide bonds. The number of benzene rings is 1. The second-order valence-corrected chi connectivity index (χ2v) is 8.32. The van der Waals surface area contributed by atoms with E-state index in [4.69, 9.17) is 4.74 Å². The number of hydrogen-bond donors (Lipinski definition) is 1. The van der Waals surface area contributed by atoms with E-state index < -0.39 is 11.8 Å². The maximum Gasteiger partial charge on any atom is 0.256 e. The van der Waals surface area contributed by atoms with E-state index in [1.807, 2.05) is 45.0 Å². The Morgan fingerprint density at radius 2 is 2.04 bits per heavy atom. The van der Waals surface area contributed by atoms with E-state index in [1.165, 1.54) is 0 Å². The molecule has 1 saturated heterocycles. The number of amides is 2. The quantitative estimate of drug-likeness (QED) is 0.877. The Labute approximate surface area is 162 Å². The lowest BCUT2D eigenvalue weighted by molar-refractivity contribution is -0.128. The van der Waals surface area contributed by atoms with Crippen LogP contribution in [-0.4, -0.2) is 41.1 Å². The van der Waals surface area contributed by atoms with Gasteiger partial charge in [0.1, 0.15) is 11.8 Å². The summed E-state index contributed by atoms with van der Waals surface area (Å²) in [5.74, 6) is 0.416. The van der Waals surface area contributed by atoms with Gasteiger partial charge in [-0.25, -0.2) is 0 Å². The predicted octanol–water partition coefficient (Wildman–Crippen LogP) is 3.66. The van der Waals surface area contributed by atoms with Crippen LogP contribution >= 0.6 is 0 Å². The Bertz CT molecular complexity index is 695. The SMILES string of the molecule is CC[C@H](C)NC(=O)[C@H]1COC2(CCC(C)CC2)N1C(=O)c1cccc(C)c1. The van der Waals surface area contributed by atoms with Crippen LogP contribution in [-0.2, 0) is 9.53 Å². The minimum absolute atomic E-state index is 0.0800. The average molecular weight is 373 g/mol. The summed E-state index contributed by atoms with van der Waals surface area (Å²) in [7, 11) is 0. The van der Waals surface area contributed by atoms with E-state index in [0.717, 1.165) is 37.7 Å². The maximum absolute atomic E-state index is 13.5. The number of nitrogens with zero attached hydrogens (tertiary/aromatic N) is 1. The molecule has 0 unspecified atom stereocenters. The van der Waals surface area contributed by atoms with Crippen molar-refractivity contribution in [1.29, 1.82) is 0 Å². The molecule has 1 aromatic rings. The molecule has 5 nitrogen and oxygen atoms in total. The number of carbonyl (C=O) groups excluding carboxylic acids is 2. The molecule has 1 saturated carbocycles. The molecule has 5 heteroatoms. The van der Waals surface area contributed by atoms with Gasteiger partial charge in [-0.15, -0.1) is 0 Å². The summed E-state index contributed by atoms with van der Waals surface area (Å²) >= 11 is 0. The highest BCUT2D eigenvalue weighted by molar-refractivity contribution is 5.98. The summed E-state index contributed by atoms with van der Waals surface area (Å²) in [4.78, 5) is 28.2. The molecular weight excluding hydrogens is 340 g/mol. The second kappa shape index (κ2) is 8.01. The zero-order valence-electron chi connectivity index (χ0n) is 17.0. The van der Waals surface area contributed by atoms with Crippen molar-refractivity contribution in [3.8, 4) is 0 Å². The number of carbonyl (C=O) groups is 2. The molecule has 2 aliphatic rings. The number of ether oxygens (including phenoxy) is 1. The predicted molar refractivity (Wildman–Crippen MR) is 105 cm³/mol.